The predicted molar refractivity (Wildman–Crippen MR) is 116 cm³/mol. The van der Waals surface area contributed by atoms with Crippen LogP contribution in [0.5, 0.6) is 23.0 Å². The van der Waals surface area contributed by atoms with Crippen LogP contribution in [-0.4, -0.2) is 30.3 Å². The first-order valence-corrected chi connectivity index (χ1v) is 10.3. The molecule has 2 aromatic rings. The van der Waals surface area contributed by atoms with Gasteiger partial charge < -0.3 is 4.74 Å². The number of halogens is 5. The van der Waals surface area contributed by atoms with Gasteiger partial charge in [0.2, 0.25) is 0 Å². The predicted octanol–water partition coefficient (Wildman–Crippen LogP) is 4.57. The van der Waals surface area contributed by atoms with Crippen molar-refractivity contribution in [1.82, 2.24) is 5.32 Å². The summed E-state index contributed by atoms with van der Waals surface area (Å²) in [5.74, 6) is -4.22. The Morgan fingerprint density at radius 1 is 1.11 bits per heavy atom. The average Bonchev–Trinajstić information content (AvgIpc) is 2.75. The van der Waals surface area contributed by atoms with Crippen LogP contribution >= 0.6 is 11.6 Å². The molecule has 35 heavy (non-hydrogen) atoms. The summed E-state index contributed by atoms with van der Waals surface area (Å²) in [6.07, 6.45) is -2.79. The van der Waals surface area contributed by atoms with E-state index in [9.17, 15) is 27.2 Å². The van der Waals surface area contributed by atoms with Crippen molar-refractivity contribution in [1.29, 1.82) is 0 Å². The van der Waals surface area contributed by atoms with E-state index in [2.05, 4.69) is 25.1 Å². The molecule has 0 aliphatic carbocycles. The van der Waals surface area contributed by atoms with Gasteiger partial charge >= 0.3 is 191 Å². The van der Waals surface area contributed by atoms with E-state index in [1.165, 1.54) is 18.0 Å². The van der Waals surface area contributed by atoms with Crippen LogP contribution < -0.4 is 25.3 Å². The molecule has 7 nitrogen and oxygen atoms in total. The molecule has 2 rings (SSSR count). The first-order chi connectivity index (χ1) is 16.3. The molecule has 0 bridgehead atoms. The summed E-state index contributed by atoms with van der Waals surface area (Å²) in [5, 5.41) is 2.27. The zero-order chi connectivity index (χ0) is 26.3. The molecule has 0 aromatic heterocycles. The fraction of sp³-hybridized carbons (Fsp3) is 0.136. The number of nitrogens with two attached hydrogens (primary N) is 1. The first-order valence-electron chi connectivity index (χ1n) is 9.35. The molecule has 3 N–H and O–H groups in total. The molecule has 0 aliphatic rings. The van der Waals surface area contributed by atoms with Crippen molar-refractivity contribution in [2.75, 3.05) is 7.11 Å². The van der Waals surface area contributed by atoms with Crippen LogP contribution in [0, 0.1) is 5.82 Å². The normalized spacial score (nSPS) is 12.1. The Balaban J connectivity index is 2.49. The summed E-state index contributed by atoms with van der Waals surface area (Å²) in [7, 11) is 1.16. The van der Waals surface area contributed by atoms with Crippen LogP contribution in [-0.2, 0) is 19.8 Å². The van der Waals surface area contributed by atoms with E-state index in [4.69, 9.17) is 26.8 Å². The van der Waals surface area contributed by atoms with Crippen molar-refractivity contribution in [2.45, 2.75) is 13.3 Å². The molecular formula is C22H17ClF4N2NiO5. The van der Waals surface area contributed by atoms with Crippen LogP contribution in [0.2, 0.25) is 5.02 Å². The van der Waals surface area contributed by atoms with Crippen molar-refractivity contribution in [3.8, 4) is 23.0 Å². The summed E-state index contributed by atoms with van der Waals surface area (Å²) in [4.78, 5) is 25.3. The van der Waals surface area contributed by atoms with Crippen molar-refractivity contribution in [3.63, 3.8) is 0 Å². The van der Waals surface area contributed by atoms with Gasteiger partial charge in [-0.3, -0.25) is 0 Å². The van der Waals surface area contributed by atoms with Crippen molar-refractivity contribution in [3.05, 3.63) is 70.2 Å². The van der Waals surface area contributed by atoms with Gasteiger partial charge in [0.05, 0.1) is 0 Å². The average molecular weight is 560 g/mol. The van der Waals surface area contributed by atoms with Gasteiger partial charge in [-0.25, -0.2) is 0 Å². The number of carbonyl (C=O) groups excluding carboxylic acids is 2. The van der Waals surface area contributed by atoms with Crippen LogP contribution in [0.4, 0.5) is 17.6 Å². The van der Waals surface area contributed by atoms with Crippen LogP contribution in [0.1, 0.15) is 17.3 Å². The van der Waals surface area contributed by atoms with Crippen molar-refractivity contribution >= 4 is 28.4 Å². The molecule has 13 heteroatoms. The second-order valence-electron chi connectivity index (χ2n) is 6.60. The Labute approximate surface area is 209 Å². The quantitative estimate of drug-likeness (QED) is 0.203. The minimum absolute atomic E-state index is 0.0617. The number of ether oxygens (including phenoxy) is 3. The van der Waals surface area contributed by atoms with Crippen LogP contribution in [0.15, 0.2) is 53.8 Å². The second kappa shape index (κ2) is 11.9. The van der Waals surface area contributed by atoms with Crippen LogP contribution in [0.3, 0.4) is 0 Å². The van der Waals surface area contributed by atoms with E-state index in [0.717, 1.165) is 43.5 Å². The number of rotatable bonds is 9. The summed E-state index contributed by atoms with van der Waals surface area (Å²) in [6, 6.07) is 4.88. The molecule has 0 saturated carbocycles. The number of primary amides is 1. The van der Waals surface area contributed by atoms with Crippen molar-refractivity contribution in [2.24, 2.45) is 5.73 Å². The molecule has 0 aliphatic heterocycles. The monoisotopic (exact) mass is 558 g/mol. The number of alkyl halides is 3. The number of benzene rings is 2. The molecule has 0 saturated heterocycles. The summed E-state index contributed by atoms with van der Waals surface area (Å²) < 4.78 is 66.8. The fourth-order valence-electron chi connectivity index (χ4n) is 2.57. The van der Waals surface area contributed by atoms with Gasteiger partial charge in [0.1, 0.15) is 0 Å². The molecule has 0 spiro atoms. The van der Waals surface area contributed by atoms with Gasteiger partial charge in [-0.1, -0.05) is 0 Å². The molecule has 0 fully saturated rings. The Hall–Kier alpha value is -3.37. The number of hydrogen-bond acceptors (Lipinski definition) is 5. The molecule has 190 valence electrons. The fourth-order valence-corrected chi connectivity index (χ4v) is 2.92. The molecular weight excluding hydrogens is 542 g/mol. The number of carbonyl (C=O) groups is 2. The third kappa shape index (κ3) is 8.11. The summed E-state index contributed by atoms with van der Waals surface area (Å²) in [5.41, 5.74) is 4.91. The van der Waals surface area contributed by atoms with Crippen LogP contribution in [0.25, 0.3) is 0 Å². The number of allylic oxidation sites excluding steroid dienone is 2. The van der Waals surface area contributed by atoms with Gasteiger partial charge in [-0.2, -0.15) is 0 Å². The molecule has 2 aromatic carbocycles. The summed E-state index contributed by atoms with van der Waals surface area (Å²) in [6.45, 7) is 1.54. The summed E-state index contributed by atoms with van der Waals surface area (Å²) >= 11 is 10.4. The Morgan fingerprint density at radius 2 is 1.80 bits per heavy atom. The first kappa shape index (κ1) is 27.9. The standard InChI is InChI=1S/C22H17ClF4N2O5.Ni/c1-11(2)15(5-7-19(28)30)29-21(31)20-14(24)8-12(23)9-18(20)33-16-6-4-13(10-17(16)32-3)34-22(25,26)27;/h1,4-10H,2-3H3,(H2,28,30)(H,29,31);/b7-5?,15-11-;. The van der Waals surface area contributed by atoms with Gasteiger partial charge in [0.25, 0.3) is 0 Å². The zero-order valence-corrected chi connectivity index (χ0v) is 19.7. The third-order valence-electron chi connectivity index (χ3n) is 4.06. The van der Waals surface area contributed by atoms with Gasteiger partial charge in [-0.15, -0.1) is 13.2 Å². The Kier molecular flexibility index (Phi) is 9.44. The molecule has 2 amide bonds. The topological polar surface area (TPSA) is 99.9 Å². The molecule has 0 atom stereocenters. The minimum atomic E-state index is -4.94. The Morgan fingerprint density at radius 3 is 2.37 bits per heavy atom. The van der Waals surface area contributed by atoms with E-state index < -0.39 is 35.3 Å². The molecule has 0 heterocycles. The maximum atomic E-state index is 14.8. The number of amides is 2. The second-order valence-corrected chi connectivity index (χ2v) is 7.32. The van der Waals surface area contributed by atoms with Gasteiger partial charge in [0, 0.05) is 0 Å². The van der Waals surface area contributed by atoms with E-state index in [-0.39, 0.29) is 28.0 Å². The number of methoxy groups -OCH3 is 1. The molecule has 0 unspecified atom stereocenters. The zero-order valence-electron chi connectivity index (χ0n) is 17.9. The van der Waals surface area contributed by atoms with E-state index in [0.29, 0.717) is 5.57 Å². The third-order valence-corrected chi connectivity index (χ3v) is 4.70. The number of hydrogen-bond donors (Lipinski definition) is 2. The van der Waals surface area contributed by atoms with Gasteiger partial charge in [0.15, 0.2) is 0 Å². The van der Waals surface area contributed by atoms with E-state index >= 15 is 0 Å². The van der Waals surface area contributed by atoms with Crippen molar-refractivity contribution < 1.29 is 56.4 Å². The Bertz CT molecular complexity index is 1220. The maximum absolute atomic E-state index is 14.8. The molecule has 0 radical (unpaired) electrons. The van der Waals surface area contributed by atoms with Gasteiger partial charge in [-0.05, 0) is 0 Å². The number of nitrogens with one attached hydrogen (secondary N) is 1. The van der Waals surface area contributed by atoms with E-state index in [1.807, 2.05) is 0 Å². The SMILES string of the molecule is COc1cc(OC(F)(F)F)ccc1Oc1cc(Cl)cc(F)c1C(=O)N/C(C=CC(N)=O)=C(\C)[CH]=[Ni]. The van der Waals surface area contributed by atoms with E-state index in [1.54, 1.807) is 0 Å².